The highest BCUT2D eigenvalue weighted by Gasteiger charge is 2.21. The molecular formula is C20H27N5O2. The number of nitrogens with zero attached hydrogens (tertiary/aromatic N) is 3. The summed E-state index contributed by atoms with van der Waals surface area (Å²) in [5.74, 6) is 0.443. The molecule has 1 aromatic heterocycles. The summed E-state index contributed by atoms with van der Waals surface area (Å²) >= 11 is 0. The molecule has 1 saturated heterocycles. The van der Waals surface area contributed by atoms with E-state index in [1.807, 2.05) is 37.3 Å². The van der Waals surface area contributed by atoms with Gasteiger partial charge in [0.2, 0.25) is 0 Å². The quantitative estimate of drug-likeness (QED) is 0.846. The van der Waals surface area contributed by atoms with Crippen LogP contribution in [0.3, 0.4) is 0 Å². The van der Waals surface area contributed by atoms with Gasteiger partial charge in [-0.2, -0.15) is 5.10 Å². The van der Waals surface area contributed by atoms with Gasteiger partial charge in [0.1, 0.15) is 0 Å². The van der Waals surface area contributed by atoms with Crippen molar-refractivity contribution < 1.29 is 4.79 Å². The summed E-state index contributed by atoms with van der Waals surface area (Å²) in [7, 11) is 1.65. The molecule has 2 N–H and O–H groups in total. The second kappa shape index (κ2) is 8.70. The molecule has 2 amide bonds. The van der Waals surface area contributed by atoms with Crippen LogP contribution in [0.5, 0.6) is 0 Å². The molecule has 1 aliphatic rings. The predicted molar refractivity (Wildman–Crippen MR) is 106 cm³/mol. The van der Waals surface area contributed by atoms with Crippen LogP contribution in [0.2, 0.25) is 0 Å². The molecule has 3 rings (SSSR count). The predicted octanol–water partition coefficient (Wildman–Crippen LogP) is 2.06. The van der Waals surface area contributed by atoms with Gasteiger partial charge in [-0.1, -0.05) is 30.3 Å². The number of amides is 2. The Balaban J connectivity index is 1.42. The molecule has 0 radical (unpaired) electrons. The zero-order valence-electron chi connectivity index (χ0n) is 15.9. The van der Waals surface area contributed by atoms with Crippen molar-refractivity contribution in [1.82, 2.24) is 20.4 Å². The van der Waals surface area contributed by atoms with E-state index in [9.17, 15) is 9.59 Å². The number of hydrogen-bond acceptors (Lipinski definition) is 4. The number of aryl methyl sites for hydroxylation is 1. The highest BCUT2D eigenvalue weighted by molar-refractivity contribution is 5.74. The smallest absolute Gasteiger partial charge is 0.315 e. The van der Waals surface area contributed by atoms with Crippen molar-refractivity contribution in [1.29, 1.82) is 0 Å². The van der Waals surface area contributed by atoms with Gasteiger partial charge in [-0.25, -0.2) is 9.48 Å². The van der Waals surface area contributed by atoms with Crippen molar-refractivity contribution in [2.24, 2.45) is 13.0 Å². The normalized spacial score (nSPS) is 16.0. The zero-order chi connectivity index (χ0) is 19.2. The first-order valence-corrected chi connectivity index (χ1v) is 9.40. The highest BCUT2D eigenvalue weighted by atomic mass is 16.2. The standard InChI is InChI=1S/C20H27N5O2/c1-15(17-6-4-3-5-7-17)23-20(27)21-13-16-8-10-25(11-9-16)18-12-19(26)24(2)22-14-18/h3-7,12,14-16H,8-11,13H2,1-2H3,(H2,21,23,27)/t15-/m0/s1. The van der Waals surface area contributed by atoms with Crippen LogP contribution >= 0.6 is 0 Å². The number of nitrogens with one attached hydrogen (secondary N) is 2. The minimum atomic E-state index is -0.135. The Morgan fingerprint density at radius 1 is 1.26 bits per heavy atom. The van der Waals surface area contributed by atoms with Crippen molar-refractivity contribution in [3.8, 4) is 0 Å². The van der Waals surface area contributed by atoms with Crippen molar-refractivity contribution in [3.63, 3.8) is 0 Å². The minimum absolute atomic E-state index is 0.0266. The average Bonchev–Trinajstić information content (AvgIpc) is 2.69. The van der Waals surface area contributed by atoms with Gasteiger partial charge >= 0.3 is 6.03 Å². The van der Waals surface area contributed by atoms with E-state index in [1.54, 1.807) is 19.3 Å². The number of urea groups is 1. The van der Waals surface area contributed by atoms with E-state index in [4.69, 9.17) is 0 Å². The fourth-order valence-corrected chi connectivity index (χ4v) is 3.34. The van der Waals surface area contributed by atoms with E-state index in [2.05, 4.69) is 20.6 Å². The lowest BCUT2D eigenvalue weighted by molar-refractivity contribution is 0.234. The number of anilines is 1. The van der Waals surface area contributed by atoms with Crippen LogP contribution in [-0.4, -0.2) is 35.4 Å². The molecule has 27 heavy (non-hydrogen) atoms. The zero-order valence-corrected chi connectivity index (χ0v) is 15.9. The van der Waals surface area contributed by atoms with Gasteiger partial charge in [0.05, 0.1) is 17.9 Å². The molecule has 7 nitrogen and oxygen atoms in total. The molecule has 7 heteroatoms. The number of carbonyl (C=O) groups is 1. The Morgan fingerprint density at radius 3 is 2.63 bits per heavy atom. The molecule has 0 spiro atoms. The fourth-order valence-electron chi connectivity index (χ4n) is 3.34. The first kappa shape index (κ1) is 18.9. The number of rotatable bonds is 5. The minimum Gasteiger partial charge on any atom is -0.370 e. The molecule has 2 aromatic rings. The number of carbonyl (C=O) groups excluding carboxylic acids is 1. The monoisotopic (exact) mass is 369 g/mol. The summed E-state index contributed by atoms with van der Waals surface area (Å²) < 4.78 is 1.33. The van der Waals surface area contributed by atoms with Crippen LogP contribution in [0.4, 0.5) is 10.5 Å². The fraction of sp³-hybridized carbons (Fsp3) is 0.450. The number of benzene rings is 1. The van der Waals surface area contributed by atoms with Gasteiger partial charge in [-0.3, -0.25) is 4.79 Å². The van der Waals surface area contributed by atoms with E-state index in [0.717, 1.165) is 37.2 Å². The van der Waals surface area contributed by atoms with Crippen LogP contribution in [0.25, 0.3) is 0 Å². The maximum Gasteiger partial charge on any atom is 0.315 e. The maximum absolute atomic E-state index is 12.1. The summed E-state index contributed by atoms with van der Waals surface area (Å²) in [5, 5.41) is 10.0. The van der Waals surface area contributed by atoms with Crippen molar-refractivity contribution in [3.05, 3.63) is 58.5 Å². The lowest BCUT2D eigenvalue weighted by atomic mass is 9.96. The maximum atomic E-state index is 12.1. The van der Waals surface area contributed by atoms with E-state index < -0.39 is 0 Å². The SMILES string of the molecule is C[C@H](NC(=O)NCC1CCN(c2cnn(C)c(=O)c2)CC1)c1ccccc1. The number of hydrogen-bond donors (Lipinski definition) is 2. The van der Waals surface area contributed by atoms with Crippen LogP contribution in [0.1, 0.15) is 31.4 Å². The first-order valence-electron chi connectivity index (χ1n) is 9.40. The van der Waals surface area contributed by atoms with Gasteiger partial charge in [-0.05, 0) is 31.2 Å². The molecule has 0 bridgehead atoms. The Labute approximate surface area is 159 Å². The molecule has 1 atom stereocenters. The summed E-state index contributed by atoms with van der Waals surface area (Å²) in [5.41, 5.74) is 1.86. The van der Waals surface area contributed by atoms with Gasteiger partial charge in [0.15, 0.2) is 0 Å². The Hall–Kier alpha value is -2.83. The average molecular weight is 369 g/mol. The molecular weight excluding hydrogens is 342 g/mol. The molecule has 0 aliphatic carbocycles. The van der Waals surface area contributed by atoms with E-state index in [0.29, 0.717) is 12.5 Å². The number of piperidine rings is 1. The molecule has 144 valence electrons. The molecule has 0 unspecified atom stereocenters. The molecule has 2 heterocycles. The second-order valence-corrected chi connectivity index (χ2v) is 7.09. The third-order valence-electron chi connectivity index (χ3n) is 5.13. The first-order chi connectivity index (χ1) is 13.0. The van der Waals surface area contributed by atoms with Gasteiger partial charge in [0, 0.05) is 32.7 Å². The molecule has 1 aliphatic heterocycles. The van der Waals surface area contributed by atoms with Gasteiger partial charge < -0.3 is 15.5 Å². The van der Waals surface area contributed by atoms with Crippen LogP contribution < -0.4 is 21.1 Å². The topological polar surface area (TPSA) is 79.3 Å². The van der Waals surface area contributed by atoms with Gasteiger partial charge in [0.25, 0.3) is 5.56 Å². The molecule has 0 saturated carbocycles. The van der Waals surface area contributed by atoms with E-state index >= 15 is 0 Å². The summed E-state index contributed by atoms with van der Waals surface area (Å²) in [6.45, 7) is 4.37. The Bertz CT molecular complexity index is 813. The Morgan fingerprint density at radius 2 is 1.96 bits per heavy atom. The second-order valence-electron chi connectivity index (χ2n) is 7.09. The lowest BCUT2D eigenvalue weighted by Gasteiger charge is -2.33. The molecule has 1 aromatic carbocycles. The van der Waals surface area contributed by atoms with Gasteiger partial charge in [-0.15, -0.1) is 0 Å². The van der Waals surface area contributed by atoms with Crippen molar-refractivity contribution in [2.75, 3.05) is 24.5 Å². The van der Waals surface area contributed by atoms with E-state index in [-0.39, 0.29) is 17.6 Å². The summed E-state index contributed by atoms with van der Waals surface area (Å²) in [4.78, 5) is 26.1. The third-order valence-corrected chi connectivity index (χ3v) is 5.13. The summed E-state index contributed by atoms with van der Waals surface area (Å²) in [6.07, 6.45) is 3.69. The van der Waals surface area contributed by atoms with Crippen molar-refractivity contribution >= 4 is 11.7 Å². The highest BCUT2D eigenvalue weighted by Crippen LogP contribution is 2.21. The van der Waals surface area contributed by atoms with Crippen LogP contribution in [0.15, 0.2) is 47.4 Å². The van der Waals surface area contributed by atoms with E-state index in [1.165, 1.54) is 4.68 Å². The van der Waals surface area contributed by atoms with Crippen LogP contribution in [0, 0.1) is 5.92 Å². The number of aromatic nitrogens is 2. The summed E-state index contributed by atoms with van der Waals surface area (Å²) in [6, 6.07) is 11.4. The Kier molecular flexibility index (Phi) is 6.11. The lowest BCUT2D eigenvalue weighted by Crippen LogP contribution is -2.42. The van der Waals surface area contributed by atoms with Crippen LogP contribution in [-0.2, 0) is 7.05 Å². The van der Waals surface area contributed by atoms with Crippen molar-refractivity contribution in [2.45, 2.75) is 25.8 Å². The molecule has 1 fully saturated rings. The largest absolute Gasteiger partial charge is 0.370 e. The third kappa shape index (κ3) is 5.09.